The van der Waals surface area contributed by atoms with Crippen LogP contribution in [0.15, 0.2) is 18.2 Å². The number of ether oxygens (including phenoxy) is 1. The van der Waals surface area contributed by atoms with Crippen molar-refractivity contribution in [3.8, 4) is 6.07 Å². The summed E-state index contributed by atoms with van der Waals surface area (Å²) in [6, 6.07) is 8.75. The Bertz CT molecular complexity index is 636. The fourth-order valence-corrected chi connectivity index (χ4v) is 3.53. The molecule has 1 aromatic rings. The van der Waals surface area contributed by atoms with E-state index in [1.807, 2.05) is 6.07 Å². The first kappa shape index (κ1) is 11.9. The zero-order chi connectivity index (χ0) is 13.8. The second-order valence-corrected chi connectivity index (χ2v) is 6.19. The molecule has 4 nitrogen and oxygen atoms in total. The Labute approximate surface area is 117 Å². The molecule has 4 heteroatoms. The van der Waals surface area contributed by atoms with E-state index < -0.39 is 0 Å². The van der Waals surface area contributed by atoms with E-state index in [9.17, 15) is 10.1 Å². The van der Waals surface area contributed by atoms with Crippen molar-refractivity contribution in [3.63, 3.8) is 0 Å². The summed E-state index contributed by atoms with van der Waals surface area (Å²) in [5, 5.41) is 12.4. The van der Waals surface area contributed by atoms with Crippen LogP contribution in [-0.2, 0) is 21.4 Å². The van der Waals surface area contributed by atoms with Gasteiger partial charge < -0.3 is 10.1 Å². The minimum absolute atomic E-state index is 0.0858. The van der Waals surface area contributed by atoms with Gasteiger partial charge in [-0.1, -0.05) is 12.1 Å². The Balaban J connectivity index is 1.76. The number of amides is 1. The third-order valence-corrected chi connectivity index (χ3v) is 5.13. The maximum absolute atomic E-state index is 11.4. The number of rotatable bonds is 2. The summed E-state index contributed by atoms with van der Waals surface area (Å²) in [6.45, 7) is 1.29. The van der Waals surface area contributed by atoms with E-state index in [4.69, 9.17) is 4.74 Å². The molecule has 20 heavy (non-hydrogen) atoms. The largest absolute Gasteiger partial charge is 0.379 e. The van der Waals surface area contributed by atoms with Crippen LogP contribution in [0.5, 0.6) is 0 Å². The lowest BCUT2D eigenvalue weighted by Gasteiger charge is -2.46. The molecule has 3 aliphatic rings. The van der Waals surface area contributed by atoms with Gasteiger partial charge >= 0.3 is 0 Å². The maximum atomic E-state index is 11.4. The summed E-state index contributed by atoms with van der Waals surface area (Å²) >= 11 is 0. The molecule has 2 fully saturated rings. The van der Waals surface area contributed by atoms with E-state index in [-0.39, 0.29) is 16.7 Å². The number of nitriles is 1. The third kappa shape index (κ3) is 1.41. The first-order valence-electron chi connectivity index (χ1n) is 7.11. The SMILES string of the molecule is N#CC1(C2(c3ccc4c(c3)CCC(=O)N4)COC2)CC1. The molecule has 0 radical (unpaired) electrons. The highest BCUT2D eigenvalue weighted by atomic mass is 16.5. The molecule has 1 saturated heterocycles. The van der Waals surface area contributed by atoms with Crippen LogP contribution in [0.2, 0.25) is 0 Å². The van der Waals surface area contributed by atoms with Crippen LogP contribution >= 0.6 is 0 Å². The monoisotopic (exact) mass is 268 g/mol. The number of carbonyl (C=O) groups is 1. The van der Waals surface area contributed by atoms with Crippen LogP contribution in [0.25, 0.3) is 0 Å². The van der Waals surface area contributed by atoms with Gasteiger partial charge in [0.1, 0.15) is 0 Å². The lowest BCUT2D eigenvalue weighted by Crippen LogP contribution is -2.53. The van der Waals surface area contributed by atoms with E-state index in [0.717, 1.165) is 24.9 Å². The molecule has 0 spiro atoms. The number of anilines is 1. The van der Waals surface area contributed by atoms with Gasteiger partial charge in [-0.05, 0) is 36.5 Å². The molecule has 1 aromatic carbocycles. The Morgan fingerprint density at radius 1 is 1.25 bits per heavy atom. The molecule has 0 unspecified atom stereocenters. The first-order chi connectivity index (χ1) is 9.69. The molecule has 2 aliphatic heterocycles. The van der Waals surface area contributed by atoms with Crippen LogP contribution in [0.1, 0.15) is 30.4 Å². The van der Waals surface area contributed by atoms with Gasteiger partial charge in [0.2, 0.25) is 5.91 Å². The zero-order valence-corrected chi connectivity index (χ0v) is 11.2. The van der Waals surface area contributed by atoms with E-state index in [1.54, 1.807) is 0 Å². The fraction of sp³-hybridized carbons (Fsp3) is 0.500. The van der Waals surface area contributed by atoms with E-state index in [0.29, 0.717) is 19.6 Å². The highest BCUT2D eigenvalue weighted by molar-refractivity contribution is 5.93. The van der Waals surface area contributed by atoms with Crippen LogP contribution in [-0.4, -0.2) is 19.1 Å². The highest BCUT2D eigenvalue weighted by Crippen LogP contribution is 2.62. The van der Waals surface area contributed by atoms with Crippen molar-refractivity contribution in [1.29, 1.82) is 5.26 Å². The number of carbonyl (C=O) groups excluding carboxylic acids is 1. The van der Waals surface area contributed by atoms with Gasteiger partial charge in [-0.25, -0.2) is 0 Å². The highest BCUT2D eigenvalue weighted by Gasteiger charge is 2.64. The first-order valence-corrected chi connectivity index (χ1v) is 7.11. The lowest BCUT2D eigenvalue weighted by atomic mass is 9.66. The van der Waals surface area contributed by atoms with E-state index >= 15 is 0 Å². The average Bonchev–Trinajstić information content (AvgIpc) is 3.19. The van der Waals surface area contributed by atoms with Crippen LogP contribution in [0, 0.1) is 16.7 Å². The number of nitrogens with one attached hydrogen (secondary N) is 1. The average molecular weight is 268 g/mol. The number of nitrogens with zero attached hydrogens (tertiary/aromatic N) is 1. The Kier molecular flexibility index (Phi) is 2.28. The second kappa shape index (κ2) is 3.83. The van der Waals surface area contributed by atoms with Crippen LogP contribution < -0.4 is 5.32 Å². The normalized spacial score (nSPS) is 24.9. The predicted molar refractivity (Wildman–Crippen MR) is 73.2 cm³/mol. The quantitative estimate of drug-likeness (QED) is 0.894. The molecule has 0 bridgehead atoms. The summed E-state index contributed by atoms with van der Waals surface area (Å²) in [6.07, 6.45) is 3.27. The number of hydrogen-bond acceptors (Lipinski definition) is 3. The number of benzene rings is 1. The molecule has 2 heterocycles. The van der Waals surface area contributed by atoms with Crippen LogP contribution in [0.4, 0.5) is 5.69 Å². The number of hydrogen-bond donors (Lipinski definition) is 1. The van der Waals surface area contributed by atoms with Gasteiger partial charge in [-0.15, -0.1) is 0 Å². The molecule has 102 valence electrons. The van der Waals surface area contributed by atoms with Crippen molar-refractivity contribution in [2.24, 2.45) is 5.41 Å². The maximum Gasteiger partial charge on any atom is 0.224 e. The van der Waals surface area contributed by atoms with Crippen LogP contribution in [0.3, 0.4) is 0 Å². The zero-order valence-electron chi connectivity index (χ0n) is 11.2. The molecule has 1 aliphatic carbocycles. The van der Waals surface area contributed by atoms with Crippen molar-refractivity contribution in [2.45, 2.75) is 31.1 Å². The van der Waals surface area contributed by atoms with Gasteiger partial charge in [0.25, 0.3) is 0 Å². The Morgan fingerprint density at radius 3 is 2.65 bits per heavy atom. The van der Waals surface area contributed by atoms with Gasteiger partial charge in [0, 0.05) is 12.1 Å². The summed E-state index contributed by atoms with van der Waals surface area (Å²) in [4.78, 5) is 11.4. The van der Waals surface area contributed by atoms with Crippen molar-refractivity contribution >= 4 is 11.6 Å². The van der Waals surface area contributed by atoms with Gasteiger partial charge in [0.05, 0.1) is 30.1 Å². The molecular weight excluding hydrogens is 252 g/mol. The van der Waals surface area contributed by atoms with E-state index in [1.165, 1.54) is 11.1 Å². The minimum atomic E-state index is -0.225. The second-order valence-electron chi connectivity index (χ2n) is 6.19. The number of aryl methyl sites for hydroxylation is 1. The molecule has 1 saturated carbocycles. The van der Waals surface area contributed by atoms with Gasteiger partial charge in [0.15, 0.2) is 0 Å². The van der Waals surface area contributed by atoms with Crippen molar-refractivity contribution in [2.75, 3.05) is 18.5 Å². The summed E-state index contributed by atoms with van der Waals surface area (Å²) in [7, 11) is 0. The fourth-order valence-electron chi connectivity index (χ4n) is 3.53. The Morgan fingerprint density at radius 2 is 2.05 bits per heavy atom. The van der Waals surface area contributed by atoms with E-state index in [2.05, 4.69) is 23.5 Å². The predicted octanol–water partition coefficient (Wildman–Crippen LogP) is 2.14. The third-order valence-electron chi connectivity index (χ3n) is 5.13. The Hall–Kier alpha value is -1.86. The summed E-state index contributed by atoms with van der Waals surface area (Å²) in [5.74, 6) is 0.0858. The lowest BCUT2D eigenvalue weighted by molar-refractivity contribution is -0.116. The number of fused-ring (bicyclic) bond motifs is 1. The van der Waals surface area contributed by atoms with Crippen molar-refractivity contribution in [3.05, 3.63) is 29.3 Å². The molecular formula is C16H16N2O2. The summed E-state index contributed by atoms with van der Waals surface area (Å²) < 4.78 is 5.46. The van der Waals surface area contributed by atoms with Crippen molar-refractivity contribution in [1.82, 2.24) is 0 Å². The molecule has 4 rings (SSSR count). The van der Waals surface area contributed by atoms with Gasteiger partial charge in [-0.3, -0.25) is 4.79 Å². The van der Waals surface area contributed by atoms with Gasteiger partial charge in [-0.2, -0.15) is 5.26 Å². The molecule has 0 aromatic heterocycles. The smallest absolute Gasteiger partial charge is 0.224 e. The molecule has 1 amide bonds. The standard InChI is InChI=1S/C16H16N2O2/c17-8-15(5-6-15)16(9-20-10-16)12-2-3-13-11(7-12)1-4-14(19)18-13/h2-3,7H,1,4-6,9-10H2,(H,18,19). The molecule has 1 N–H and O–H groups in total. The topological polar surface area (TPSA) is 62.1 Å². The summed E-state index contributed by atoms with van der Waals surface area (Å²) in [5.41, 5.74) is 2.96. The molecule has 0 atom stereocenters. The van der Waals surface area contributed by atoms with Crippen molar-refractivity contribution < 1.29 is 9.53 Å². The minimum Gasteiger partial charge on any atom is -0.379 e.